The van der Waals surface area contributed by atoms with E-state index in [1.165, 1.54) is 37.0 Å². The first-order valence-corrected chi connectivity index (χ1v) is 9.22. The summed E-state index contributed by atoms with van der Waals surface area (Å²) in [6, 6.07) is -0.00757. The minimum atomic E-state index is -0.00757. The van der Waals surface area contributed by atoms with Gasteiger partial charge in [-0.2, -0.15) is 0 Å². The van der Waals surface area contributed by atoms with Crippen molar-refractivity contribution in [2.45, 2.75) is 57.5 Å². The first-order valence-electron chi connectivity index (χ1n) is 8.34. The Morgan fingerprint density at radius 1 is 1.26 bits per heavy atom. The maximum atomic E-state index is 12.6. The highest BCUT2D eigenvalue weighted by atomic mass is 32.1. The van der Waals surface area contributed by atoms with Crippen molar-refractivity contribution in [3.8, 4) is 0 Å². The number of carbonyl (C=O) groups excluding carboxylic acids is 1. The van der Waals surface area contributed by atoms with Gasteiger partial charge in [-0.3, -0.25) is 9.78 Å². The number of amides is 1. The van der Waals surface area contributed by atoms with E-state index < -0.39 is 0 Å². The van der Waals surface area contributed by atoms with Gasteiger partial charge in [0.2, 0.25) is 5.91 Å². The van der Waals surface area contributed by atoms with Gasteiger partial charge < -0.3 is 9.47 Å². The molecule has 4 rings (SSSR count). The molecule has 23 heavy (non-hydrogen) atoms. The molecule has 1 aliphatic heterocycles. The normalized spacial score (nSPS) is 21.6. The summed E-state index contributed by atoms with van der Waals surface area (Å²) in [7, 11) is 0. The van der Waals surface area contributed by atoms with Crippen LogP contribution in [-0.4, -0.2) is 37.1 Å². The van der Waals surface area contributed by atoms with Gasteiger partial charge in [-0.15, -0.1) is 21.5 Å². The predicted molar refractivity (Wildman–Crippen MR) is 87.2 cm³/mol. The standard InChI is InChI=1S/C16H21N5OS/c1-11-15-18-19-16(12-4-2-3-5-12)21(15)7-6-20(11)14(22)8-13-9-17-10-23-13/h9-12H,2-8H2,1H3. The predicted octanol–water partition coefficient (Wildman–Crippen LogP) is 2.54. The Morgan fingerprint density at radius 2 is 2.04 bits per heavy atom. The van der Waals surface area contributed by atoms with Crippen LogP contribution in [0, 0.1) is 0 Å². The highest BCUT2D eigenvalue weighted by Gasteiger charge is 2.33. The molecule has 2 aromatic rings. The SMILES string of the molecule is CC1c2nnc(C3CCCC3)n2CCN1C(=O)Cc1cncs1. The van der Waals surface area contributed by atoms with Crippen LogP contribution in [0.25, 0.3) is 0 Å². The number of fused-ring (bicyclic) bond motifs is 1. The second-order valence-corrected chi connectivity index (χ2v) is 7.43. The number of hydrogen-bond acceptors (Lipinski definition) is 5. The lowest BCUT2D eigenvalue weighted by atomic mass is 10.1. The van der Waals surface area contributed by atoms with Gasteiger partial charge >= 0.3 is 0 Å². The topological polar surface area (TPSA) is 63.9 Å². The minimum absolute atomic E-state index is 0.00757. The highest BCUT2D eigenvalue weighted by molar-refractivity contribution is 7.09. The van der Waals surface area contributed by atoms with Gasteiger partial charge in [0, 0.05) is 30.1 Å². The number of nitrogens with zero attached hydrogens (tertiary/aromatic N) is 5. The van der Waals surface area contributed by atoms with Crippen molar-refractivity contribution in [1.29, 1.82) is 0 Å². The Balaban J connectivity index is 1.53. The van der Waals surface area contributed by atoms with Crippen LogP contribution in [0.5, 0.6) is 0 Å². The fourth-order valence-electron chi connectivity index (χ4n) is 3.81. The zero-order valence-electron chi connectivity index (χ0n) is 13.3. The summed E-state index contributed by atoms with van der Waals surface area (Å²) >= 11 is 1.53. The van der Waals surface area contributed by atoms with E-state index in [0.717, 1.165) is 29.6 Å². The maximum Gasteiger partial charge on any atom is 0.228 e. The Morgan fingerprint density at radius 3 is 2.78 bits per heavy atom. The van der Waals surface area contributed by atoms with Crippen molar-refractivity contribution >= 4 is 17.2 Å². The molecule has 0 saturated heterocycles. The van der Waals surface area contributed by atoms with Crippen LogP contribution < -0.4 is 0 Å². The lowest BCUT2D eigenvalue weighted by Crippen LogP contribution is -2.42. The van der Waals surface area contributed by atoms with Gasteiger partial charge in [0.05, 0.1) is 18.0 Å². The molecule has 1 aliphatic carbocycles. The molecule has 7 heteroatoms. The summed E-state index contributed by atoms with van der Waals surface area (Å²) in [5.74, 6) is 2.79. The first kappa shape index (κ1) is 14.8. The van der Waals surface area contributed by atoms with Gasteiger partial charge in [-0.05, 0) is 19.8 Å². The molecule has 0 N–H and O–H groups in total. The Hall–Kier alpha value is -1.76. The third-order valence-electron chi connectivity index (χ3n) is 5.06. The number of rotatable bonds is 3. The van der Waals surface area contributed by atoms with Crippen LogP contribution in [-0.2, 0) is 17.8 Å². The fourth-order valence-corrected chi connectivity index (χ4v) is 4.40. The zero-order valence-corrected chi connectivity index (χ0v) is 14.1. The molecular formula is C16H21N5OS. The van der Waals surface area contributed by atoms with Crippen molar-refractivity contribution in [3.05, 3.63) is 28.2 Å². The number of hydrogen-bond donors (Lipinski definition) is 0. The molecule has 0 bridgehead atoms. The van der Waals surface area contributed by atoms with Gasteiger partial charge in [-0.1, -0.05) is 12.8 Å². The Bertz CT molecular complexity index is 689. The van der Waals surface area contributed by atoms with Crippen LogP contribution in [0.4, 0.5) is 0 Å². The molecule has 2 aromatic heterocycles. The monoisotopic (exact) mass is 331 g/mol. The van der Waals surface area contributed by atoms with Crippen molar-refractivity contribution < 1.29 is 4.79 Å². The molecule has 1 atom stereocenters. The van der Waals surface area contributed by atoms with E-state index in [9.17, 15) is 4.79 Å². The third kappa shape index (κ3) is 2.67. The van der Waals surface area contributed by atoms with Crippen LogP contribution in [0.15, 0.2) is 11.7 Å². The summed E-state index contributed by atoms with van der Waals surface area (Å²) in [5.41, 5.74) is 1.77. The molecule has 0 spiro atoms. The van der Waals surface area contributed by atoms with Crippen LogP contribution in [0.3, 0.4) is 0 Å². The van der Waals surface area contributed by atoms with Crippen molar-refractivity contribution in [2.75, 3.05) is 6.54 Å². The van der Waals surface area contributed by atoms with Crippen LogP contribution in [0.1, 0.15) is 61.1 Å². The van der Waals surface area contributed by atoms with Crippen LogP contribution >= 0.6 is 11.3 Å². The van der Waals surface area contributed by atoms with Gasteiger partial charge in [0.1, 0.15) is 5.82 Å². The lowest BCUT2D eigenvalue weighted by molar-refractivity contribution is -0.133. The summed E-state index contributed by atoms with van der Waals surface area (Å²) in [6.45, 7) is 3.61. The van der Waals surface area contributed by atoms with E-state index in [0.29, 0.717) is 12.3 Å². The molecular weight excluding hydrogens is 310 g/mol. The maximum absolute atomic E-state index is 12.6. The van der Waals surface area contributed by atoms with Gasteiger partial charge in [-0.25, -0.2) is 0 Å². The molecule has 1 unspecified atom stereocenters. The average Bonchev–Trinajstić information content (AvgIpc) is 3.28. The molecule has 1 saturated carbocycles. The Kier molecular flexibility index (Phi) is 3.88. The van der Waals surface area contributed by atoms with Crippen molar-refractivity contribution in [3.63, 3.8) is 0 Å². The summed E-state index contributed by atoms with van der Waals surface area (Å²) in [4.78, 5) is 19.6. The van der Waals surface area contributed by atoms with E-state index in [-0.39, 0.29) is 11.9 Å². The molecule has 0 aromatic carbocycles. The van der Waals surface area contributed by atoms with Gasteiger partial charge in [0.25, 0.3) is 0 Å². The summed E-state index contributed by atoms with van der Waals surface area (Å²) in [6.07, 6.45) is 7.24. The van der Waals surface area contributed by atoms with E-state index in [1.807, 2.05) is 4.90 Å². The molecule has 1 fully saturated rings. The third-order valence-corrected chi connectivity index (χ3v) is 5.84. The molecule has 2 aliphatic rings. The van der Waals surface area contributed by atoms with Crippen molar-refractivity contribution in [1.82, 2.24) is 24.6 Å². The Labute approximate surface area is 139 Å². The smallest absolute Gasteiger partial charge is 0.228 e. The number of carbonyl (C=O) groups is 1. The lowest BCUT2D eigenvalue weighted by Gasteiger charge is -2.34. The molecule has 3 heterocycles. The second kappa shape index (κ2) is 6.03. The number of thiazole rings is 1. The van der Waals surface area contributed by atoms with E-state index in [4.69, 9.17) is 0 Å². The van der Waals surface area contributed by atoms with Crippen molar-refractivity contribution in [2.24, 2.45) is 0 Å². The summed E-state index contributed by atoms with van der Waals surface area (Å²) < 4.78 is 2.26. The quantitative estimate of drug-likeness (QED) is 0.867. The van der Waals surface area contributed by atoms with E-state index >= 15 is 0 Å². The first-order chi connectivity index (χ1) is 11.2. The molecule has 1 amide bonds. The molecule has 122 valence electrons. The van der Waals surface area contributed by atoms with E-state index in [2.05, 4.69) is 26.7 Å². The largest absolute Gasteiger partial charge is 0.331 e. The van der Waals surface area contributed by atoms with Crippen LogP contribution in [0.2, 0.25) is 0 Å². The minimum Gasteiger partial charge on any atom is -0.331 e. The highest BCUT2D eigenvalue weighted by Crippen LogP contribution is 2.35. The molecule has 6 nitrogen and oxygen atoms in total. The summed E-state index contributed by atoms with van der Waals surface area (Å²) in [5, 5.41) is 8.89. The second-order valence-electron chi connectivity index (χ2n) is 6.46. The van der Waals surface area contributed by atoms with E-state index in [1.54, 1.807) is 11.7 Å². The van der Waals surface area contributed by atoms with Gasteiger partial charge in [0.15, 0.2) is 5.82 Å². The fraction of sp³-hybridized carbons (Fsp3) is 0.625. The number of aromatic nitrogens is 4. The zero-order chi connectivity index (χ0) is 15.8. The molecule has 0 radical (unpaired) electrons. The average molecular weight is 331 g/mol.